The number of halogens is 2. The third-order valence-corrected chi connectivity index (χ3v) is 6.13. The van der Waals surface area contributed by atoms with E-state index in [1.165, 1.54) is 31.0 Å². The number of carbonyl (C=O) groups excluding carboxylic acids is 1. The van der Waals surface area contributed by atoms with Crippen LogP contribution >= 0.6 is 35.0 Å². The molecule has 2 aromatic rings. The summed E-state index contributed by atoms with van der Waals surface area (Å²) in [5.41, 5.74) is 0.597. The number of rotatable bonds is 10. The van der Waals surface area contributed by atoms with E-state index in [2.05, 4.69) is 11.9 Å². The second kappa shape index (κ2) is 10.9. The summed E-state index contributed by atoms with van der Waals surface area (Å²) >= 11 is 14.0. The van der Waals surface area contributed by atoms with E-state index in [9.17, 15) is 4.79 Å². The van der Waals surface area contributed by atoms with Gasteiger partial charge in [0.05, 0.1) is 11.6 Å². The Bertz CT molecular complexity index is 631. The molecule has 0 fully saturated rings. The normalized spacial score (nSPS) is 13.6. The van der Waals surface area contributed by atoms with E-state index in [0.29, 0.717) is 11.4 Å². The third kappa shape index (κ3) is 6.69. The number of carbonyl (C=O) groups is 1. The van der Waals surface area contributed by atoms with Crippen molar-refractivity contribution < 1.29 is 4.79 Å². The second-order valence-corrected chi connectivity index (χ2v) is 8.09. The molecule has 0 spiro atoms. The monoisotopic (exact) mass is 398 g/mol. The van der Waals surface area contributed by atoms with Crippen molar-refractivity contribution in [1.29, 1.82) is 0 Å². The summed E-state index contributed by atoms with van der Waals surface area (Å²) in [6.45, 7) is 2.19. The summed E-state index contributed by atoms with van der Waals surface area (Å²) in [4.78, 5) is 16.5. The number of hydrogen-bond acceptors (Lipinski definition) is 3. The lowest BCUT2D eigenvalue weighted by atomic mass is 10.1. The first-order valence-electron chi connectivity index (χ1n) is 8.68. The zero-order chi connectivity index (χ0) is 18.1. The fourth-order valence-electron chi connectivity index (χ4n) is 2.58. The molecule has 0 N–H and O–H groups in total. The molecule has 136 valence electrons. The van der Waals surface area contributed by atoms with Crippen molar-refractivity contribution in [3.8, 4) is 0 Å². The lowest BCUT2D eigenvalue weighted by molar-refractivity contribution is -0.111. The van der Waals surface area contributed by atoms with Crippen molar-refractivity contribution in [3.63, 3.8) is 0 Å². The number of alkyl halides is 1. The summed E-state index contributed by atoms with van der Waals surface area (Å²) < 4.78 is 1.82. The lowest BCUT2D eigenvalue weighted by Crippen LogP contribution is -2.11. The molecule has 25 heavy (non-hydrogen) atoms. The van der Waals surface area contributed by atoms with Crippen molar-refractivity contribution in [2.24, 2.45) is 0 Å². The predicted molar refractivity (Wildman–Crippen MR) is 107 cm³/mol. The summed E-state index contributed by atoms with van der Waals surface area (Å²) in [6, 6.07) is 7.52. The summed E-state index contributed by atoms with van der Waals surface area (Å²) in [6.07, 6.45) is 11.5. The van der Waals surface area contributed by atoms with Crippen LogP contribution in [-0.4, -0.2) is 14.7 Å². The molecule has 0 amide bonds. The molecule has 2 atom stereocenters. The number of aromatic nitrogens is 2. The van der Waals surface area contributed by atoms with Gasteiger partial charge in [-0.05, 0) is 24.1 Å². The van der Waals surface area contributed by atoms with Gasteiger partial charge in [0.1, 0.15) is 5.50 Å². The Hall–Kier alpha value is -0.970. The molecule has 0 aliphatic rings. The van der Waals surface area contributed by atoms with Crippen LogP contribution in [0.15, 0.2) is 43.0 Å². The van der Waals surface area contributed by atoms with Gasteiger partial charge in [0.25, 0.3) is 0 Å². The molecule has 0 saturated carbocycles. The van der Waals surface area contributed by atoms with Crippen LogP contribution in [0.5, 0.6) is 0 Å². The topological polar surface area (TPSA) is 34.9 Å². The Kier molecular flexibility index (Phi) is 8.87. The Labute approximate surface area is 164 Å². The van der Waals surface area contributed by atoms with E-state index in [4.69, 9.17) is 23.2 Å². The molecule has 0 aliphatic heterocycles. The fourth-order valence-corrected chi connectivity index (χ4v) is 4.21. The van der Waals surface area contributed by atoms with E-state index in [0.717, 1.165) is 18.4 Å². The number of unbranched alkanes of at least 4 members (excludes halogenated alkanes) is 4. The zero-order valence-electron chi connectivity index (χ0n) is 14.4. The first-order valence-corrected chi connectivity index (χ1v) is 10.4. The van der Waals surface area contributed by atoms with Gasteiger partial charge in [-0.2, -0.15) is 0 Å². The summed E-state index contributed by atoms with van der Waals surface area (Å²) in [5.74, 6) is 0. The zero-order valence-corrected chi connectivity index (χ0v) is 16.7. The molecule has 1 aromatic carbocycles. The van der Waals surface area contributed by atoms with E-state index in [1.54, 1.807) is 12.5 Å². The molecule has 0 radical (unpaired) electrons. The highest BCUT2D eigenvalue weighted by atomic mass is 35.5. The van der Waals surface area contributed by atoms with Gasteiger partial charge in [-0.1, -0.05) is 79.7 Å². The van der Waals surface area contributed by atoms with Crippen molar-refractivity contribution in [2.45, 2.75) is 56.2 Å². The second-order valence-electron chi connectivity index (χ2n) is 6.01. The molecule has 0 saturated heterocycles. The van der Waals surface area contributed by atoms with Crippen LogP contribution < -0.4 is 0 Å². The number of benzene rings is 1. The minimum Gasteiger partial charge on any atom is -0.319 e. The summed E-state index contributed by atoms with van der Waals surface area (Å²) in [7, 11) is 0. The maximum Gasteiger partial charge on any atom is 0.189 e. The van der Waals surface area contributed by atoms with Gasteiger partial charge in [-0.25, -0.2) is 4.98 Å². The molecule has 0 bridgehead atoms. The molecule has 0 aliphatic carbocycles. The first-order chi connectivity index (χ1) is 12.1. The average molecular weight is 399 g/mol. The quantitative estimate of drug-likeness (QED) is 0.332. The van der Waals surface area contributed by atoms with Crippen LogP contribution in [0, 0.1) is 0 Å². The smallest absolute Gasteiger partial charge is 0.189 e. The van der Waals surface area contributed by atoms with Gasteiger partial charge >= 0.3 is 0 Å². The van der Waals surface area contributed by atoms with Gasteiger partial charge in [0.2, 0.25) is 0 Å². The minimum atomic E-state index is -0.391. The Morgan fingerprint density at radius 2 is 1.92 bits per heavy atom. The predicted octanol–water partition coefficient (Wildman–Crippen LogP) is 6.64. The van der Waals surface area contributed by atoms with Crippen LogP contribution in [0.4, 0.5) is 0 Å². The van der Waals surface area contributed by atoms with Crippen LogP contribution in [-0.2, 0) is 4.79 Å². The van der Waals surface area contributed by atoms with E-state index < -0.39 is 5.50 Å². The molecule has 2 rings (SSSR count). The molecule has 1 heterocycles. The number of nitrogens with zero attached hydrogens (tertiary/aromatic N) is 2. The molecule has 6 heteroatoms. The van der Waals surface area contributed by atoms with Crippen molar-refractivity contribution >= 4 is 40.1 Å². The number of imidazole rings is 1. The van der Waals surface area contributed by atoms with Gasteiger partial charge in [0, 0.05) is 23.8 Å². The minimum absolute atomic E-state index is 0.183. The van der Waals surface area contributed by atoms with Gasteiger partial charge in [-0.3, -0.25) is 4.79 Å². The molecular formula is C19H24Cl2N2OS. The SMILES string of the molecule is CCCCCCCC(=O)SC(c1ccc(Cl)cc1)C(Cl)n1ccnc1. The van der Waals surface area contributed by atoms with Gasteiger partial charge < -0.3 is 4.57 Å². The number of thioether (sulfide) groups is 1. The first kappa shape index (κ1) is 20.3. The Balaban J connectivity index is 2.01. The van der Waals surface area contributed by atoms with Gasteiger partial charge in [-0.15, -0.1) is 0 Å². The lowest BCUT2D eigenvalue weighted by Gasteiger charge is -2.22. The Morgan fingerprint density at radius 1 is 1.20 bits per heavy atom. The fraction of sp³-hybridized carbons (Fsp3) is 0.474. The van der Waals surface area contributed by atoms with Gasteiger partial charge in [0.15, 0.2) is 5.12 Å². The molecular weight excluding hydrogens is 375 g/mol. The highest BCUT2D eigenvalue weighted by Crippen LogP contribution is 2.42. The van der Waals surface area contributed by atoms with E-state index in [-0.39, 0.29) is 10.4 Å². The third-order valence-electron chi connectivity index (χ3n) is 4.00. The standard InChI is InChI=1S/C19H24Cl2N2OS/c1-2-3-4-5-6-7-17(24)25-18(15-8-10-16(20)11-9-15)19(21)23-13-12-22-14-23/h8-14,18-19H,2-7H2,1H3. The van der Waals surface area contributed by atoms with Crippen LogP contribution in [0.2, 0.25) is 5.02 Å². The van der Waals surface area contributed by atoms with Crippen molar-refractivity contribution in [2.75, 3.05) is 0 Å². The highest BCUT2D eigenvalue weighted by Gasteiger charge is 2.26. The van der Waals surface area contributed by atoms with Crippen molar-refractivity contribution in [1.82, 2.24) is 9.55 Å². The maximum absolute atomic E-state index is 12.5. The number of hydrogen-bond donors (Lipinski definition) is 0. The highest BCUT2D eigenvalue weighted by molar-refractivity contribution is 8.13. The van der Waals surface area contributed by atoms with Crippen LogP contribution in [0.25, 0.3) is 0 Å². The molecule has 2 unspecified atom stereocenters. The molecule has 1 aromatic heterocycles. The maximum atomic E-state index is 12.5. The van der Waals surface area contributed by atoms with Crippen LogP contribution in [0.3, 0.4) is 0 Å². The molecule has 3 nitrogen and oxygen atoms in total. The summed E-state index contributed by atoms with van der Waals surface area (Å²) in [5, 5.41) is 0.669. The average Bonchev–Trinajstić information content (AvgIpc) is 3.14. The largest absolute Gasteiger partial charge is 0.319 e. The van der Waals surface area contributed by atoms with E-state index in [1.807, 2.05) is 35.0 Å². The van der Waals surface area contributed by atoms with Crippen molar-refractivity contribution in [3.05, 3.63) is 53.6 Å². The Morgan fingerprint density at radius 3 is 2.56 bits per heavy atom. The van der Waals surface area contributed by atoms with Crippen LogP contribution in [0.1, 0.15) is 61.8 Å². The van der Waals surface area contributed by atoms with E-state index >= 15 is 0 Å².